The van der Waals surface area contributed by atoms with Crippen LogP contribution in [-0.2, 0) is 11.0 Å². The Kier molecular flexibility index (Phi) is 4.95. The first-order valence-corrected chi connectivity index (χ1v) is 7.09. The lowest BCUT2D eigenvalue weighted by molar-refractivity contribution is -0.144. The van der Waals surface area contributed by atoms with Gasteiger partial charge in [-0.15, -0.1) is 0 Å². The minimum Gasteiger partial charge on any atom is -0.480 e. The molecule has 0 bridgehead atoms. The van der Waals surface area contributed by atoms with Crippen LogP contribution in [0.3, 0.4) is 0 Å². The van der Waals surface area contributed by atoms with Crippen LogP contribution < -0.4 is 4.74 Å². The fraction of sp³-hybridized carbons (Fsp3) is 0.533. The second-order valence-electron chi connectivity index (χ2n) is 5.24. The number of hydrogen-bond donors (Lipinski definition) is 1. The van der Waals surface area contributed by atoms with Crippen molar-refractivity contribution in [1.29, 1.82) is 0 Å². The highest BCUT2D eigenvalue weighted by Gasteiger charge is 2.37. The number of para-hydroxylation sites is 1. The molecule has 1 unspecified atom stereocenters. The second kappa shape index (κ2) is 6.56. The molecule has 1 aromatic rings. The van der Waals surface area contributed by atoms with Crippen molar-refractivity contribution in [1.82, 2.24) is 4.90 Å². The van der Waals surface area contributed by atoms with Crippen LogP contribution in [0.25, 0.3) is 0 Å². The highest BCUT2D eigenvalue weighted by molar-refractivity contribution is 5.81. The van der Waals surface area contributed by atoms with E-state index in [1.54, 1.807) is 0 Å². The number of amides is 1. The molecule has 1 aromatic carbocycles. The predicted molar refractivity (Wildman–Crippen MR) is 73.4 cm³/mol. The molecule has 22 heavy (non-hydrogen) atoms. The summed E-state index contributed by atoms with van der Waals surface area (Å²) in [6.07, 6.45) is -3.90. The van der Waals surface area contributed by atoms with Gasteiger partial charge in [-0.3, -0.25) is 4.79 Å². The molecule has 1 atom stereocenters. The van der Waals surface area contributed by atoms with Crippen molar-refractivity contribution >= 4 is 5.91 Å². The third kappa shape index (κ3) is 3.91. The molecular formula is C15H18F3NO3. The van der Waals surface area contributed by atoms with E-state index in [9.17, 15) is 18.0 Å². The molecule has 1 amide bonds. The molecule has 7 heteroatoms. The summed E-state index contributed by atoms with van der Waals surface area (Å²) < 4.78 is 44.0. The number of ether oxygens (including phenoxy) is 1. The van der Waals surface area contributed by atoms with Gasteiger partial charge in [-0.1, -0.05) is 12.1 Å². The molecule has 0 heterocycles. The molecule has 0 radical (unpaired) electrons. The van der Waals surface area contributed by atoms with Crippen LogP contribution in [0.4, 0.5) is 13.2 Å². The smallest absolute Gasteiger partial charge is 0.419 e. The fourth-order valence-corrected chi connectivity index (χ4v) is 2.24. The van der Waals surface area contributed by atoms with E-state index in [4.69, 9.17) is 9.84 Å². The molecule has 0 aromatic heterocycles. The Balaban J connectivity index is 2.11. The van der Waals surface area contributed by atoms with Crippen LogP contribution in [0.5, 0.6) is 5.75 Å². The number of rotatable bonds is 6. The Labute approximate surface area is 126 Å². The molecular weight excluding hydrogens is 299 g/mol. The third-order valence-electron chi connectivity index (χ3n) is 3.46. The SMILES string of the molecule is CC(Oc1ccccc1C(F)(F)F)C(=O)N(CCO)C1CC1. The van der Waals surface area contributed by atoms with Crippen LogP contribution in [0, 0.1) is 0 Å². The monoisotopic (exact) mass is 317 g/mol. The predicted octanol–water partition coefficient (Wildman–Crippen LogP) is 2.46. The van der Waals surface area contributed by atoms with Crippen LogP contribution in [0.1, 0.15) is 25.3 Å². The summed E-state index contributed by atoms with van der Waals surface area (Å²) in [6, 6.07) is 4.86. The summed E-state index contributed by atoms with van der Waals surface area (Å²) in [5, 5.41) is 9.00. The first-order chi connectivity index (χ1) is 10.3. The van der Waals surface area contributed by atoms with E-state index in [0.717, 1.165) is 18.9 Å². The quantitative estimate of drug-likeness (QED) is 0.877. The zero-order valence-corrected chi connectivity index (χ0v) is 12.1. The van der Waals surface area contributed by atoms with E-state index in [-0.39, 0.29) is 24.9 Å². The van der Waals surface area contributed by atoms with E-state index in [1.807, 2.05) is 0 Å². The zero-order valence-electron chi connectivity index (χ0n) is 12.1. The van der Waals surface area contributed by atoms with Crippen LogP contribution >= 0.6 is 0 Å². The van der Waals surface area contributed by atoms with Crippen molar-refractivity contribution in [3.8, 4) is 5.75 Å². The van der Waals surface area contributed by atoms with Crippen molar-refractivity contribution in [3.63, 3.8) is 0 Å². The van der Waals surface area contributed by atoms with Gasteiger partial charge >= 0.3 is 6.18 Å². The summed E-state index contributed by atoms with van der Waals surface area (Å²) in [5.41, 5.74) is -0.908. The Bertz CT molecular complexity index is 529. The lowest BCUT2D eigenvalue weighted by Gasteiger charge is -2.26. The number of aliphatic hydroxyl groups is 1. The van der Waals surface area contributed by atoms with Crippen LogP contribution in [0.15, 0.2) is 24.3 Å². The number of alkyl halides is 3. The molecule has 0 saturated heterocycles. The standard InChI is InChI=1S/C15H18F3NO3/c1-10(14(21)19(8-9-20)11-6-7-11)22-13-5-3-2-4-12(13)15(16,17)18/h2-5,10-11,20H,6-9H2,1H3. The molecule has 1 fully saturated rings. The minimum atomic E-state index is -4.54. The topological polar surface area (TPSA) is 49.8 Å². The maximum Gasteiger partial charge on any atom is 0.419 e. The van der Waals surface area contributed by atoms with Crippen molar-refractivity contribution < 1.29 is 27.8 Å². The number of halogens is 3. The fourth-order valence-electron chi connectivity index (χ4n) is 2.24. The van der Waals surface area contributed by atoms with Gasteiger partial charge in [-0.2, -0.15) is 13.2 Å². The van der Waals surface area contributed by atoms with Gasteiger partial charge in [-0.25, -0.2) is 0 Å². The van der Waals surface area contributed by atoms with Crippen LogP contribution in [0.2, 0.25) is 0 Å². The summed E-state index contributed by atoms with van der Waals surface area (Å²) >= 11 is 0. The maximum atomic E-state index is 12.9. The highest BCUT2D eigenvalue weighted by atomic mass is 19.4. The molecule has 2 rings (SSSR count). The van der Waals surface area contributed by atoms with Gasteiger partial charge in [0.2, 0.25) is 0 Å². The van der Waals surface area contributed by atoms with Crippen molar-refractivity contribution in [2.75, 3.05) is 13.2 Å². The van der Waals surface area contributed by atoms with E-state index in [1.165, 1.54) is 30.0 Å². The molecule has 122 valence electrons. The highest BCUT2D eigenvalue weighted by Crippen LogP contribution is 2.36. The molecule has 0 spiro atoms. The summed E-state index contributed by atoms with van der Waals surface area (Å²) in [6.45, 7) is 1.40. The lowest BCUT2D eigenvalue weighted by Crippen LogP contribution is -2.43. The molecule has 1 N–H and O–H groups in total. The molecule has 1 aliphatic carbocycles. The molecule has 4 nitrogen and oxygen atoms in total. The van der Waals surface area contributed by atoms with Crippen molar-refractivity contribution in [3.05, 3.63) is 29.8 Å². The number of nitrogens with zero attached hydrogens (tertiary/aromatic N) is 1. The zero-order chi connectivity index (χ0) is 16.3. The van der Waals surface area contributed by atoms with Crippen molar-refractivity contribution in [2.24, 2.45) is 0 Å². The first kappa shape index (κ1) is 16.6. The Morgan fingerprint density at radius 3 is 2.59 bits per heavy atom. The van der Waals surface area contributed by atoms with E-state index >= 15 is 0 Å². The minimum absolute atomic E-state index is 0.0589. The molecule has 0 aliphatic heterocycles. The van der Waals surface area contributed by atoms with Gasteiger partial charge < -0.3 is 14.7 Å². The number of carbonyl (C=O) groups excluding carboxylic acids is 1. The van der Waals surface area contributed by atoms with E-state index < -0.39 is 23.8 Å². The lowest BCUT2D eigenvalue weighted by atomic mass is 10.2. The van der Waals surface area contributed by atoms with Gasteiger partial charge in [0.1, 0.15) is 5.75 Å². The van der Waals surface area contributed by atoms with E-state index in [0.29, 0.717) is 0 Å². The average molecular weight is 317 g/mol. The van der Waals surface area contributed by atoms with Gasteiger partial charge in [0.25, 0.3) is 5.91 Å². The van der Waals surface area contributed by atoms with Gasteiger partial charge in [-0.05, 0) is 31.9 Å². The third-order valence-corrected chi connectivity index (χ3v) is 3.46. The maximum absolute atomic E-state index is 12.9. The average Bonchev–Trinajstić information content (AvgIpc) is 3.28. The van der Waals surface area contributed by atoms with Gasteiger partial charge in [0, 0.05) is 12.6 Å². The Morgan fingerprint density at radius 2 is 2.05 bits per heavy atom. The summed E-state index contributed by atoms with van der Waals surface area (Å²) in [5.74, 6) is -0.774. The number of carbonyl (C=O) groups is 1. The first-order valence-electron chi connectivity index (χ1n) is 7.09. The number of hydrogen-bond acceptors (Lipinski definition) is 3. The molecule has 1 aliphatic rings. The van der Waals surface area contributed by atoms with Crippen molar-refractivity contribution in [2.45, 2.75) is 38.1 Å². The Hall–Kier alpha value is -1.76. The van der Waals surface area contributed by atoms with Gasteiger partial charge in [0.15, 0.2) is 6.10 Å². The number of benzene rings is 1. The number of aliphatic hydroxyl groups excluding tert-OH is 1. The van der Waals surface area contributed by atoms with E-state index in [2.05, 4.69) is 0 Å². The Morgan fingerprint density at radius 1 is 1.41 bits per heavy atom. The molecule has 1 saturated carbocycles. The normalized spacial score (nSPS) is 16.2. The summed E-state index contributed by atoms with van der Waals surface area (Å²) in [7, 11) is 0. The summed E-state index contributed by atoms with van der Waals surface area (Å²) in [4.78, 5) is 13.8. The largest absolute Gasteiger partial charge is 0.480 e. The van der Waals surface area contributed by atoms with Gasteiger partial charge in [0.05, 0.1) is 12.2 Å². The second-order valence-corrected chi connectivity index (χ2v) is 5.24. The van der Waals surface area contributed by atoms with Crippen LogP contribution in [-0.4, -0.2) is 41.2 Å².